The summed E-state index contributed by atoms with van der Waals surface area (Å²) in [7, 11) is 1.60. The number of ether oxygens (including phenoxy) is 1. The number of benzene rings is 1. The summed E-state index contributed by atoms with van der Waals surface area (Å²) in [6, 6.07) is 11.2. The van der Waals surface area contributed by atoms with Crippen molar-refractivity contribution in [3.05, 3.63) is 58.8 Å². The van der Waals surface area contributed by atoms with Crippen LogP contribution in [0.2, 0.25) is 10.0 Å². The number of rotatable bonds is 5. The van der Waals surface area contributed by atoms with Gasteiger partial charge in [-0.15, -0.1) is 0 Å². The zero-order chi connectivity index (χ0) is 17.8. The van der Waals surface area contributed by atoms with Crippen LogP contribution >= 0.6 is 23.2 Å². The van der Waals surface area contributed by atoms with Crippen LogP contribution in [0.4, 0.5) is 11.5 Å². The molecule has 0 amide bonds. The highest BCUT2D eigenvalue weighted by Gasteiger charge is 2.20. The van der Waals surface area contributed by atoms with Crippen LogP contribution in [-0.2, 0) is 0 Å². The maximum absolute atomic E-state index is 6.31. The van der Waals surface area contributed by atoms with Crippen LogP contribution in [0.1, 0.15) is 0 Å². The SMILES string of the molecule is C=C(Nc1cccc(OC)n1)N1CCN(c2ccc(Cl)cc2Cl)CC1. The fraction of sp³-hybridized carbons (Fsp3) is 0.278. The number of hydrogen-bond donors (Lipinski definition) is 1. The summed E-state index contributed by atoms with van der Waals surface area (Å²) in [6.07, 6.45) is 0. The van der Waals surface area contributed by atoms with Gasteiger partial charge < -0.3 is 19.9 Å². The van der Waals surface area contributed by atoms with Gasteiger partial charge in [0.1, 0.15) is 5.82 Å². The number of halogens is 2. The first kappa shape index (κ1) is 17.7. The Hall–Kier alpha value is -2.11. The van der Waals surface area contributed by atoms with Crippen LogP contribution in [0.3, 0.4) is 0 Å². The van der Waals surface area contributed by atoms with Gasteiger partial charge in [-0.25, -0.2) is 0 Å². The van der Waals surface area contributed by atoms with Crippen molar-refractivity contribution in [1.82, 2.24) is 9.88 Å². The Kier molecular flexibility index (Phi) is 5.56. The first-order valence-corrected chi connectivity index (χ1v) is 8.74. The van der Waals surface area contributed by atoms with Gasteiger partial charge in [-0.1, -0.05) is 35.8 Å². The van der Waals surface area contributed by atoms with Gasteiger partial charge in [0, 0.05) is 37.3 Å². The summed E-state index contributed by atoms with van der Waals surface area (Å²) in [5, 5.41) is 4.57. The minimum absolute atomic E-state index is 0.569. The van der Waals surface area contributed by atoms with E-state index in [9.17, 15) is 0 Å². The summed E-state index contributed by atoms with van der Waals surface area (Å²) < 4.78 is 5.14. The van der Waals surface area contributed by atoms with Gasteiger partial charge in [0.25, 0.3) is 0 Å². The van der Waals surface area contributed by atoms with Gasteiger partial charge in [-0.2, -0.15) is 4.98 Å². The minimum Gasteiger partial charge on any atom is -0.481 e. The third-order valence-corrected chi connectivity index (χ3v) is 4.65. The molecule has 0 spiro atoms. The quantitative estimate of drug-likeness (QED) is 0.847. The van der Waals surface area contributed by atoms with Crippen molar-refractivity contribution in [2.75, 3.05) is 43.5 Å². The van der Waals surface area contributed by atoms with E-state index in [1.165, 1.54) is 0 Å². The van der Waals surface area contributed by atoms with Gasteiger partial charge in [-0.05, 0) is 24.3 Å². The molecule has 2 aromatic rings. The zero-order valence-corrected chi connectivity index (χ0v) is 15.5. The molecule has 0 unspecified atom stereocenters. The molecule has 1 aromatic heterocycles. The second-order valence-corrected chi connectivity index (χ2v) is 6.55. The predicted octanol–water partition coefficient (Wildman–Crippen LogP) is 4.10. The summed E-state index contributed by atoms with van der Waals surface area (Å²) in [4.78, 5) is 8.80. The van der Waals surface area contributed by atoms with Crippen molar-refractivity contribution in [2.24, 2.45) is 0 Å². The topological polar surface area (TPSA) is 40.6 Å². The molecule has 0 bridgehead atoms. The van der Waals surface area contributed by atoms with Crippen LogP contribution in [0.25, 0.3) is 0 Å². The lowest BCUT2D eigenvalue weighted by atomic mass is 10.2. The molecule has 1 aromatic carbocycles. The Balaban J connectivity index is 1.58. The Labute approximate surface area is 157 Å². The Morgan fingerprint density at radius 2 is 1.92 bits per heavy atom. The van der Waals surface area contributed by atoms with E-state index in [1.54, 1.807) is 13.2 Å². The van der Waals surface area contributed by atoms with Crippen LogP contribution in [-0.4, -0.2) is 43.2 Å². The van der Waals surface area contributed by atoms with Gasteiger partial charge in [-0.3, -0.25) is 0 Å². The molecule has 1 fully saturated rings. The molecular formula is C18H20Cl2N4O. The molecule has 0 aliphatic carbocycles. The Morgan fingerprint density at radius 1 is 1.16 bits per heavy atom. The molecule has 1 saturated heterocycles. The van der Waals surface area contributed by atoms with E-state index in [4.69, 9.17) is 27.9 Å². The van der Waals surface area contributed by atoms with Crippen molar-refractivity contribution in [3.8, 4) is 5.88 Å². The number of nitrogens with zero attached hydrogens (tertiary/aromatic N) is 3. The van der Waals surface area contributed by atoms with Crippen molar-refractivity contribution in [3.63, 3.8) is 0 Å². The molecule has 2 heterocycles. The number of hydrogen-bond acceptors (Lipinski definition) is 5. The molecule has 0 atom stereocenters. The number of pyridine rings is 1. The van der Waals surface area contributed by atoms with E-state index in [0.29, 0.717) is 21.7 Å². The lowest BCUT2D eigenvalue weighted by Gasteiger charge is -2.38. The number of anilines is 2. The summed E-state index contributed by atoms with van der Waals surface area (Å²) >= 11 is 12.3. The first-order chi connectivity index (χ1) is 12.1. The van der Waals surface area contributed by atoms with Gasteiger partial charge in [0.05, 0.1) is 23.6 Å². The third kappa shape index (κ3) is 4.30. The fourth-order valence-corrected chi connectivity index (χ4v) is 3.31. The second kappa shape index (κ2) is 7.85. The number of methoxy groups -OCH3 is 1. The highest BCUT2D eigenvalue weighted by Crippen LogP contribution is 2.29. The highest BCUT2D eigenvalue weighted by atomic mass is 35.5. The van der Waals surface area contributed by atoms with Gasteiger partial charge in [0.2, 0.25) is 5.88 Å². The molecule has 5 nitrogen and oxygen atoms in total. The van der Waals surface area contributed by atoms with E-state index in [2.05, 4.69) is 26.7 Å². The van der Waals surface area contributed by atoms with Crippen molar-refractivity contribution in [2.45, 2.75) is 0 Å². The molecule has 3 rings (SSSR count). The van der Waals surface area contributed by atoms with E-state index >= 15 is 0 Å². The van der Waals surface area contributed by atoms with E-state index in [1.807, 2.05) is 30.3 Å². The monoisotopic (exact) mass is 378 g/mol. The fourth-order valence-electron chi connectivity index (χ4n) is 2.78. The van der Waals surface area contributed by atoms with Crippen LogP contribution in [0.15, 0.2) is 48.8 Å². The lowest BCUT2D eigenvalue weighted by Crippen LogP contribution is -2.46. The average Bonchev–Trinajstić information content (AvgIpc) is 2.62. The molecule has 132 valence electrons. The van der Waals surface area contributed by atoms with Gasteiger partial charge in [0.15, 0.2) is 0 Å². The molecule has 0 radical (unpaired) electrons. The summed E-state index contributed by atoms with van der Waals surface area (Å²) in [5.74, 6) is 2.11. The maximum atomic E-state index is 6.31. The number of nitrogens with one attached hydrogen (secondary N) is 1. The summed E-state index contributed by atoms with van der Waals surface area (Å²) in [5.41, 5.74) is 1.01. The molecule has 1 N–H and O–H groups in total. The summed E-state index contributed by atoms with van der Waals surface area (Å²) in [6.45, 7) is 7.52. The third-order valence-electron chi connectivity index (χ3n) is 4.12. The lowest BCUT2D eigenvalue weighted by molar-refractivity contribution is 0.325. The average molecular weight is 379 g/mol. The molecule has 1 aliphatic heterocycles. The Bertz CT molecular complexity index is 760. The molecule has 25 heavy (non-hydrogen) atoms. The van der Waals surface area contributed by atoms with Crippen molar-refractivity contribution in [1.29, 1.82) is 0 Å². The molecule has 1 aliphatic rings. The second-order valence-electron chi connectivity index (χ2n) is 5.71. The van der Waals surface area contributed by atoms with E-state index < -0.39 is 0 Å². The smallest absolute Gasteiger partial charge is 0.214 e. The predicted molar refractivity (Wildman–Crippen MR) is 104 cm³/mol. The minimum atomic E-state index is 0.569. The first-order valence-electron chi connectivity index (χ1n) is 7.99. The maximum Gasteiger partial charge on any atom is 0.214 e. The van der Waals surface area contributed by atoms with Crippen LogP contribution in [0.5, 0.6) is 5.88 Å². The molecule has 0 saturated carbocycles. The van der Waals surface area contributed by atoms with E-state index in [-0.39, 0.29) is 0 Å². The van der Waals surface area contributed by atoms with Crippen LogP contribution in [0, 0.1) is 0 Å². The van der Waals surface area contributed by atoms with Crippen molar-refractivity contribution >= 4 is 34.7 Å². The molecule has 7 heteroatoms. The zero-order valence-electron chi connectivity index (χ0n) is 14.0. The highest BCUT2D eigenvalue weighted by molar-refractivity contribution is 6.36. The largest absolute Gasteiger partial charge is 0.481 e. The van der Waals surface area contributed by atoms with Crippen LogP contribution < -0.4 is 15.0 Å². The molecular weight excluding hydrogens is 359 g/mol. The number of aromatic nitrogens is 1. The van der Waals surface area contributed by atoms with Crippen molar-refractivity contribution < 1.29 is 4.74 Å². The number of piperazine rings is 1. The standard InChI is InChI=1S/C18H20Cl2N4O/c1-13(21-17-4-3-5-18(22-17)25-2)23-8-10-24(11-9-23)16-7-6-14(19)12-15(16)20/h3-7,12H,1,8-11H2,2H3,(H,21,22). The Morgan fingerprint density at radius 3 is 2.60 bits per heavy atom. The van der Waals surface area contributed by atoms with Gasteiger partial charge >= 0.3 is 0 Å². The normalized spacial score (nSPS) is 14.4. The van der Waals surface area contributed by atoms with E-state index in [0.717, 1.165) is 37.7 Å².